The largest absolute Gasteiger partial charge is 0.361 e. The number of H-pyrrole nitrogens is 1. The minimum atomic E-state index is 0.252. The summed E-state index contributed by atoms with van der Waals surface area (Å²) in [5, 5.41) is 1.26. The van der Waals surface area contributed by atoms with Crippen molar-refractivity contribution < 1.29 is 4.79 Å². The van der Waals surface area contributed by atoms with E-state index in [1.807, 2.05) is 11.0 Å². The Morgan fingerprint density at radius 3 is 2.95 bits per heavy atom. The fourth-order valence-electron chi connectivity index (χ4n) is 2.80. The molecule has 3 heteroatoms. The number of hydrogen-bond acceptors (Lipinski definition) is 1. The Balaban J connectivity index is 1.74. The van der Waals surface area contributed by atoms with Gasteiger partial charge in [0, 0.05) is 36.3 Å². The van der Waals surface area contributed by atoms with E-state index in [1.54, 1.807) is 0 Å². The van der Waals surface area contributed by atoms with Crippen molar-refractivity contribution in [1.82, 2.24) is 9.88 Å². The van der Waals surface area contributed by atoms with E-state index in [1.165, 1.54) is 16.5 Å². The van der Waals surface area contributed by atoms with Gasteiger partial charge in [-0.1, -0.05) is 30.7 Å². The summed E-state index contributed by atoms with van der Waals surface area (Å²) < 4.78 is 0. The van der Waals surface area contributed by atoms with Gasteiger partial charge < -0.3 is 9.88 Å². The molecule has 0 saturated carbocycles. The zero-order chi connectivity index (χ0) is 13.9. The van der Waals surface area contributed by atoms with E-state index in [9.17, 15) is 4.79 Å². The standard InChI is InChI=1S/C17H20N2O/c1-2-13-7-8-17(20)19(12-13)10-9-14-11-18-16-6-4-3-5-15(14)16/h3-6,11-12,18H,2,7-10H2,1H3. The van der Waals surface area contributed by atoms with Gasteiger partial charge in [-0.3, -0.25) is 4.79 Å². The van der Waals surface area contributed by atoms with Gasteiger partial charge in [-0.05, 0) is 30.9 Å². The number of nitrogens with zero attached hydrogens (tertiary/aromatic N) is 1. The molecule has 0 saturated heterocycles. The van der Waals surface area contributed by atoms with Gasteiger partial charge >= 0.3 is 0 Å². The Morgan fingerprint density at radius 2 is 2.10 bits per heavy atom. The van der Waals surface area contributed by atoms with Crippen LogP contribution in [0.5, 0.6) is 0 Å². The molecule has 2 heterocycles. The second-order valence-corrected chi connectivity index (χ2v) is 5.34. The van der Waals surface area contributed by atoms with Crippen LogP contribution in [-0.2, 0) is 11.2 Å². The summed E-state index contributed by atoms with van der Waals surface area (Å²) in [6, 6.07) is 8.31. The second-order valence-electron chi connectivity index (χ2n) is 5.34. The van der Waals surface area contributed by atoms with Crippen LogP contribution in [0.2, 0.25) is 0 Å². The molecule has 104 valence electrons. The highest BCUT2D eigenvalue weighted by atomic mass is 16.2. The third-order valence-corrected chi connectivity index (χ3v) is 4.07. The molecular weight excluding hydrogens is 248 g/mol. The number of para-hydroxylation sites is 1. The van der Waals surface area contributed by atoms with E-state index >= 15 is 0 Å². The summed E-state index contributed by atoms with van der Waals surface area (Å²) in [6.07, 6.45) is 7.64. The van der Waals surface area contributed by atoms with E-state index in [0.29, 0.717) is 6.42 Å². The monoisotopic (exact) mass is 268 g/mol. The van der Waals surface area contributed by atoms with Crippen LogP contribution in [0.3, 0.4) is 0 Å². The van der Waals surface area contributed by atoms with Crippen LogP contribution in [0.4, 0.5) is 0 Å². The van der Waals surface area contributed by atoms with Crippen molar-refractivity contribution in [1.29, 1.82) is 0 Å². The molecule has 3 rings (SSSR count). The second kappa shape index (κ2) is 5.53. The third kappa shape index (κ3) is 2.48. The highest BCUT2D eigenvalue weighted by Crippen LogP contribution is 2.21. The van der Waals surface area contributed by atoms with Gasteiger partial charge in [-0.15, -0.1) is 0 Å². The van der Waals surface area contributed by atoms with Gasteiger partial charge in [0.1, 0.15) is 0 Å². The highest BCUT2D eigenvalue weighted by molar-refractivity contribution is 5.83. The molecular formula is C17H20N2O. The van der Waals surface area contributed by atoms with Crippen LogP contribution in [0.25, 0.3) is 10.9 Å². The minimum Gasteiger partial charge on any atom is -0.361 e. The maximum absolute atomic E-state index is 12.0. The Hall–Kier alpha value is -2.03. The van der Waals surface area contributed by atoms with Gasteiger partial charge in [0.05, 0.1) is 0 Å². The number of carbonyl (C=O) groups excluding carboxylic acids is 1. The van der Waals surface area contributed by atoms with Gasteiger partial charge in [-0.2, -0.15) is 0 Å². The molecule has 1 aliphatic heterocycles. The van der Waals surface area contributed by atoms with Gasteiger partial charge in [0.2, 0.25) is 5.91 Å². The summed E-state index contributed by atoms with van der Waals surface area (Å²) >= 11 is 0. The van der Waals surface area contributed by atoms with Crippen LogP contribution >= 0.6 is 0 Å². The number of fused-ring (bicyclic) bond motifs is 1. The lowest BCUT2D eigenvalue weighted by atomic mass is 10.0. The van der Waals surface area contributed by atoms with Crippen LogP contribution in [0, 0.1) is 0 Å². The number of amides is 1. The first-order valence-electron chi connectivity index (χ1n) is 7.32. The fraction of sp³-hybridized carbons (Fsp3) is 0.353. The Labute approximate surface area is 119 Å². The van der Waals surface area contributed by atoms with Crippen LogP contribution < -0.4 is 0 Å². The number of nitrogens with one attached hydrogen (secondary N) is 1. The Kier molecular flexibility index (Phi) is 3.59. The number of carbonyl (C=O) groups is 1. The van der Waals surface area contributed by atoms with Gasteiger partial charge in [0.25, 0.3) is 0 Å². The lowest BCUT2D eigenvalue weighted by molar-refractivity contribution is -0.129. The van der Waals surface area contributed by atoms with E-state index in [4.69, 9.17) is 0 Å². The summed E-state index contributed by atoms with van der Waals surface area (Å²) in [6.45, 7) is 2.92. The molecule has 1 amide bonds. The third-order valence-electron chi connectivity index (χ3n) is 4.07. The van der Waals surface area contributed by atoms with Crippen LogP contribution in [0.1, 0.15) is 31.7 Å². The first kappa shape index (κ1) is 13.0. The minimum absolute atomic E-state index is 0.252. The van der Waals surface area contributed by atoms with Crippen molar-refractivity contribution >= 4 is 16.8 Å². The topological polar surface area (TPSA) is 36.1 Å². The van der Waals surface area contributed by atoms with Crippen molar-refractivity contribution in [3.63, 3.8) is 0 Å². The number of rotatable bonds is 4. The molecule has 0 radical (unpaired) electrons. The van der Waals surface area contributed by atoms with Crippen molar-refractivity contribution in [3.8, 4) is 0 Å². The van der Waals surface area contributed by atoms with Gasteiger partial charge in [0.15, 0.2) is 0 Å². The van der Waals surface area contributed by atoms with Crippen molar-refractivity contribution in [2.24, 2.45) is 0 Å². The van der Waals surface area contributed by atoms with Crippen LogP contribution in [0.15, 0.2) is 42.2 Å². The fourth-order valence-corrected chi connectivity index (χ4v) is 2.80. The first-order chi connectivity index (χ1) is 9.78. The van der Waals surface area contributed by atoms with E-state index in [2.05, 4.69) is 42.5 Å². The highest BCUT2D eigenvalue weighted by Gasteiger charge is 2.17. The van der Waals surface area contributed by atoms with Crippen LogP contribution in [-0.4, -0.2) is 22.3 Å². The molecule has 1 aliphatic rings. The molecule has 3 nitrogen and oxygen atoms in total. The number of aromatic nitrogens is 1. The number of allylic oxidation sites excluding steroid dienone is 1. The molecule has 2 aromatic rings. The molecule has 0 spiro atoms. The molecule has 1 N–H and O–H groups in total. The van der Waals surface area contributed by atoms with Crippen molar-refractivity contribution in [2.75, 3.05) is 6.54 Å². The molecule has 1 aromatic carbocycles. The van der Waals surface area contributed by atoms with E-state index in [-0.39, 0.29) is 5.91 Å². The Bertz CT molecular complexity index is 654. The smallest absolute Gasteiger partial charge is 0.226 e. The summed E-state index contributed by atoms with van der Waals surface area (Å²) in [5.41, 5.74) is 3.83. The van der Waals surface area contributed by atoms with E-state index in [0.717, 1.165) is 31.3 Å². The summed E-state index contributed by atoms with van der Waals surface area (Å²) in [5.74, 6) is 0.252. The average Bonchev–Trinajstić information content (AvgIpc) is 2.90. The predicted octanol–water partition coefficient (Wildman–Crippen LogP) is 3.63. The number of hydrogen-bond donors (Lipinski definition) is 1. The zero-order valence-corrected chi connectivity index (χ0v) is 11.9. The number of aromatic amines is 1. The van der Waals surface area contributed by atoms with E-state index < -0.39 is 0 Å². The SMILES string of the molecule is CCC1=CN(CCc2c[nH]c3ccccc23)C(=O)CC1. The lowest BCUT2D eigenvalue weighted by Crippen LogP contribution is -2.30. The Morgan fingerprint density at radius 1 is 1.25 bits per heavy atom. The molecule has 0 aliphatic carbocycles. The maximum Gasteiger partial charge on any atom is 0.226 e. The first-order valence-corrected chi connectivity index (χ1v) is 7.32. The molecule has 0 bridgehead atoms. The normalized spacial score (nSPS) is 15.8. The van der Waals surface area contributed by atoms with Crippen molar-refractivity contribution in [2.45, 2.75) is 32.6 Å². The quantitative estimate of drug-likeness (QED) is 0.903. The van der Waals surface area contributed by atoms with Crippen molar-refractivity contribution in [3.05, 3.63) is 47.8 Å². The zero-order valence-electron chi connectivity index (χ0n) is 11.9. The molecule has 20 heavy (non-hydrogen) atoms. The summed E-state index contributed by atoms with van der Waals surface area (Å²) in [4.78, 5) is 17.1. The maximum atomic E-state index is 12.0. The van der Waals surface area contributed by atoms with Gasteiger partial charge in [-0.25, -0.2) is 0 Å². The summed E-state index contributed by atoms with van der Waals surface area (Å²) in [7, 11) is 0. The average molecular weight is 268 g/mol. The lowest BCUT2D eigenvalue weighted by Gasteiger charge is -2.24. The predicted molar refractivity (Wildman–Crippen MR) is 81.3 cm³/mol. The molecule has 0 atom stereocenters. The molecule has 0 unspecified atom stereocenters. The molecule has 0 fully saturated rings. The number of benzene rings is 1. The molecule has 1 aromatic heterocycles.